The van der Waals surface area contributed by atoms with Crippen molar-refractivity contribution in [1.29, 1.82) is 0 Å². The lowest BCUT2D eigenvalue weighted by Crippen LogP contribution is -2.39. The molecule has 1 aliphatic rings. The van der Waals surface area contributed by atoms with Crippen LogP contribution in [0.4, 0.5) is 5.69 Å². The van der Waals surface area contributed by atoms with Crippen LogP contribution in [0, 0.1) is 5.41 Å². The molecular formula is C15H20BrNO3. The fourth-order valence-electron chi connectivity index (χ4n) is 2.55. The van der Waals surface area contributed by atoms with E-state index in [0.717, 1.165) is 36.0 Å². The van der Waals surface area contributed by atoms with Crippen molar-refractivity contribution in [2.45, 2.75) is 19.3 Å². The molecule has 1 fully saturated rings. The molecule has 1 heterocycles. The van der Waals surface area contributed by atoms with Gasteiger partial charge in [0.2, 0.25) is 0 Å². The zero-order valence-corrected chi connectivity index (χ0v) is 13.2. The molecule has 0 aliphatic carbocycles. The van der Waals surface area contributed by atoms with E-state index in [0.29, 0.717) is 13.2 Å². The molecule has 0 radical (unpaired) electrons. The molecule has 0 saturated carbocycles. The van der Waals surface area contributed by atoms with E-state index in [2.05, 4.69) is 21.2 Å². The number of anilines is 1. The van der Waals surface area contributed by atoms with Crippen LogP contribution >= 0.6 is 15.9 Å². The number of benzene rings is 1. The van der Waals surface area contributed by atoms with Gasteiger partial charge < -0.3 is 14.8 Å². The summed E-state index contributed by atoms with van der Waals surface area (Å²) in [6.45, 7) is 2.01. The number of halogens is 1. The third kappa shape index (κ3) is 3.73. The van der Waals surface area contributed by atoms with Crippen molar-refractivity contribution in [3.63, 3.8) is 0 Å². The average Bonchev–Trinajstić information content (AvgIpc) is 2.49. The van der Waals surface area contributed by atoms with Gasteiger partial charge in [-0.15, -0.1) is 0 Å². The molecule has 0 aromatic heterocycles. The summed E-state index contributed by atoms with van der Waals surface area (Å²) in [4.78, 5) is 12.1. The highest BCUT2D eigenvalue weighted by Gasteiger charge is 2.40. The van der Waals surface area contributed by atoms with Gasteiger partial charge in [-0.3, -0.25) is 4.79 Å². The topological polar surface area (TPSA) is 47.6 Å². The van der Waals surface area contributed by atoms with Crippen molar-refractivity contribution < 1.29 is 14.3 Å². The van der Waals surface area contributed by atoms with E-state index in [-0.39, 0.29) is 5.97 Å². The lowest BCUT2D eigenvalue weighted by atomic mass is 9.77. The zero-order valence-electron chi connectivity index (χ0n) is 11.7. The zero-order chi connectivity index (χ0) is 14.4. The first-order chi connectivity index (χ1) is 9.66. The number of nitrogens with one attached hydrogen (secondary N) is 1. The summed E-state index contributed by atoms with van der Waals surface area (Å²) in [7, 11) is 1.46. The van der Waals surface area contributed by atoms with Gasteiger partial charge in [-0.2, -0.15) is 0 Å². The number of methoxy groups -OCH3 is 1. The quantitative estimate of drug-likeness (QED) is 0.835. The molecule has 1 aromatic rings. The number of hydrogen-bond acceptors (Lipinski definition) is 4. The Labute approximate surface area is 128 Å². The molecule has 110 valence electrons. The van der Waals surface area contributed by atoms with Gasteiger partial charge in [-0.25, -0.2) is 0 Å². The average molecular weight is 342 g/mol. The number of hydrogen-bond donors (Lipinski definition) is 1. The van der Waals surface area contributed by atoms with Crippen LogP contribution in [0.1, 0.15) is 19.3 Å². The molecule has 0 bridgehead atoms. The van der Waals surface area contributed by atoms with Crippen LogP contribution in [0.25, 0.3) is 0 Å². The molecule has 0 atom stereocenters. The van der Waals surface area contributed by atoms with Crippen LogP contribution in [0.15, 0.2) is 28.7 Å². The van der Waals surface area contributed by atoms with E-state index in [1.165, 1.54) is 7.11 Å². The summed E-state index contributed by atoms with van der Waals surface area (Å²) in [5.74, 6) is -0.113. The van der Waals surface area contributed by atoms with Crippen LogP contribution in [0.3, 0.4) is 0 Å². The van der Waals surface area contributed by atoms with Crippen LogP contribution in [0.2, 0.25) is 0 Å². The molecule has 4 nitrogen and oxygen atoms in total. The van der Waals surface area contributed by atoms with E-state index in [9.17, 15) is 4.79 Å². The Kier molecular flexibility index (Phi) is 5.43. The fourth-order valence-corrected chi connectivity index (χ4v) is 2.81. The Bertz CT molecular complexity index is 441. The number of ether oxygens (including phenoxy) is 2. The molecular weight excluding hydrogens is 322 g/mol. The standard InChI is InChI=1S/C15H20BrNO3/c1-19-14(18)15(7-10-20-11-8-15)6-9-17-13-4-2-12(16)3-5-13/h2-5,17H,6-11H2,1H3. The highest BCUT2D eigenvalue weighted by atomic mass is 79.9. The summed E-state index contributed by atoms with van der Waals surface area (Å²) >= 11 is 3.41. The lowest BCUT2D eigenvalue weighted by molar-refractivity contribution is -0.159. The van der Waals surface area contributed by atoms with Crippen molar-refractivity contribution >= 4 is 27.6 Å². The maximum atomic E-state index is 12.1. The van der Waals surface area contributed by atoms with E-state index in [1.807, 2.05) is 24.3 Å². The highest BCUT2D eigenvalue weighted by molar-refractivity contribution is 9.10. The smallest absolute Gasteiger partial charge is 0.312 e. The predicted molar refractivity (Wildman–Crippen MR) is 81.8 cm³/mol. The van der Waals surface area contributed by atoms with Crippen LogP contribution < -0.4 is 5.32 Å². The van der Waals surface area contributed by atoms with Crippen LogP contribution in [0.5, 0.6) is 0 Å². The van der Waals surface area contributed by atoms with Crippen molar-refractivity contribution in [2.75, 3.05) is 32.2 Å². The van der Waals surface area contributed by atoms with E-state index < -0.39 is 5.41 Å². The molecule has 5 heteroatoms. The number of rotatable bonds is 5. The Balaban J connectivity index is 1.92. The van der Waals surface area contributed by atoms with Gasteiger partial charge in [-0.1, -0.05) is 15.9 Å². The molecule has 20 heavy (non-hydrogen) atoms. The van der Waals surface area contributed by atoms with Gasteiger partial charge in [0, 0.05) is 29.9 Å². The van der Waals surface area contributed by atoms with Gasteiger partial charge in [0.25, 0.3) is 0 Å². The van der Waals surface area contributed by atoms with Crippen LogP contribution in [-0.2, 0) is 14.3 Å². The first-order valence-corrected chi connectivity index (χ1v) is 7.61. The Morgan fingerprint density at radius 1 is 1.35 bits per heavy atom. The van der Waals surface area contributed by atoms with Crippen molar-refractivity contribution in [1.82, 2.24) is 0 Å². The summed E-state index contributed by atoms with van der Waals surface area (Å²) in [6.07, 6.45) is 2.24. The summed E-state index contributed by atoms with van der Waals surface area (Å²) < 4.78 is 11.4. The SMILES string of the molecule is COC(=O)C1(CCNc2ccc(Br)cc2)CCOCC1. The third-order valence-electron chi connectivity index (χ3n) is 3.85. The van der Waals surface area contributed by atoms with Gasteiger partial charge in [0.1, 0.15) is 0 Å². The van der Waals surface area contributed by atoms with Crippen molar-refractivity contribution in [3.05, 3.63) is 28.7 Å². The predicted octanol–water partition coefficient (Wildman–Crippen LogP) is 3.22. The van der Waals surface area contributed by atoms with Crippen molar-refractivity contribution in [3.8, 4) is 0 Å². The molecule has 1 aromatic carbocycles. The minimum atomic E-state index is -0.393. The minimum Gasteiger partial charge on any atom is -0.469 e. The van der Waals surface area contributed by atoms with Crippen LogP contribution in [-0.4, -0.2) is 32.8 Å². The summed E-state index contributed by atoms with van der Waals surface area (Å²) in [5.41, 5.74) is 0.662. The monoisotopic (exact) mass is 341 g/mol. The molecule has 0 unspecified atom stereocenters. The van der Waals surface area contributed by atoms with Gasteiger partial charge in [-0.05, 0) is 43.5 Å². The second kappa shape index (κ2) is 7.09. The molecule has 0 amide bonds. The minimum absolute atomic E-state index is 0.113. The highest BCUT2D eigenvalue weighted by Crippen LogP contribution is 2.35. The molecule has 1 saturated heterocycles. The van der Waals surface area contributed by atoms with Crippen molar-refractivity contribution in [2.24, 2.45) is 5.41 Å². The second-order valence-corrected chi connectivity index (χ2v) is 5.98. The normalized spacial score (nSPS) is 17.5. The molecule has 1 N–H and O–H groups in total. The second-order valence-electron chi connectivity index (χ2n) is 5.07. The maximum Gasteiger partial charge on any atom is 0.312 e. The number of carbonyl (C=O) groups is 1. The van der Waals surface area contributed by atoms with Gasteiger partial charge in [0.05, 0.1) is 12.5 Å². The number of esters is 1. The molecule has 2 rings (SSSR count). The Hall–Kier alpha value is -1.07. The number of carbonyl (C=O) groups excluding carboxylic acids is 1. The van der Waals surface area contributed by atoms with Gasteiger partial charge in [0.15, 0.2) is 0 Å². The Morgan fingerprint density at radius 3 is 2.60 bits per heavy atom. The largest absolute Gasteiger partial charge is 0.469 e. The lowest BCUT2D eigenvalue weighted by Gasteiger charge is -2.34. The third-order valence-corrected chi connectivity index (χ3v) is 4.37. The van der Waals surface area contributed by atoms with E-state index >= 15 is 0 Å². The Morgan fingerprint density at radius 2 is 2.00 bits per heavy atom. The van der Waals surface area contributed by atoms with Gasteiger partial charge >= 0.3 is 5.97 Å². The fraction of sp³-hybridized carbons (Fsp3) is 0.533. The van der Waals surface area contributed by atoms with E-state index in [4.69, 9.17) is 9.47 Å². The first kappa shape index (κ1) is 15.3. The summed E-state index contributed by atoms with van der Waals surface area (Å²) in [5, 5.41) is 3.35. The molecule has 1 aliphatic heterocycles. The molecule has 0 spiro atoms. The first-order valence-electron chi connectivity index (χ1n) is 6.82. The summed E-state index contributed by atoms with van der Waals surface area (Å²) in [6, 6.07) is 8.01. The van der Waals surface area contributed by atoms with E-state index in [1.54, 1.807) is 0 Å². The maximum absolute atomic E-state index is 12.1.